The number of ether oxygens (including phenoxy) is 2. The van der Waals surface area contributed by atoms with Gasteiger partial charge in [0.15, 0.2) is 11.5 Å². The van der Waals surface area contributed by atoms with Crippen molar-refractivity contribution in [2.45, 2.75) is 26.6 Å². The Kier molecular flexibility index (Phi) is 1.89. The van der Waals surface area contributed by atoms with E-state index in [1.54, 1.807) is 26.0 Å². The molecule has 0 unspecified atom stereocenters. The lowest BCUT2D eigenvalue weighted by atomic mass is 10.1. The molecule has 1 aromatic rings. The summed E-state index contributed by atoms with van der Waals surface area (Å²) in [6.45, 7) is 5.31. The van der Waals surface area contributed by atoms with Crippen molar-refractivity contribution in [1.29, 1.82) is 0 Å². The van der Waals surface area contributed by atoms with E-state index in [1.807, 2.05) is 6.92 Å². The monoisotopic (exact) mass is 208 g/mol. The molecule has 0 aliphatic carbocycles. The molecule has 0 saturated carbocycles. The Morgan fingerprint density at radius 2 is 2.00 bits per heavy atom. The molecule has 80 valence electrons. The Balaban J connectivity index is 2.58. The van der Waals surface area contributed by atoms with Crippen molar-refractivity contribution in [3.05, 3.63) is 23.3 Å². The second-order valence-corrected chi connectivity index (χ2v) is 4.05. The van der Waals surface area contributed by atoms with Crippen LogP contribution in [0, 0.1) is 6.92 Å². The predicted molar refractivity (Wildman–Crippen MR) is 53.5 cm³/mol. The van der Waals surface area contributed by atoms with E-state index in [1.165, 1.54) is 0 Å². The molecule has 1 aliphatic rings. The summed E-state index contributed by atoms with van der Waals surface area (Å²) in [5, 5.41) is 9.01. The first kappa shape index (κ1) is 9.83. The summed E-state index contributed by atoms with van der Waals surface area (Å²) in [6, 6.07) is 3.35. The number of carboxylic acid groups (broad SMARTS) is 1. The van der Waals surface area contributed by atoms with Crippen molar-refractivity contribution in [2.75, 3.05) is 0 Å². The van der Waals surface area contributed by atoms with Gasteiger partial charge in [0.25, 0.3) is 0 Å². The lowest BCUT2D eigenvalue weighted by Crippen LogP contribution is -2.30. The first-order valence-corrected chi connectivity index (χ1v) is 4.65. The molecule has 1 heterocycles. The van der Waals surface area contributed by atoms with Crippen LogP contribution in [-0.4, -0.2) is 16.9 Å². The average molecular weight is 208 g/mol. The summed E-state index contributed by atoms with van der Waals surface area (Å²) in [5.74, 6) is -0.980. The van der Waals surface area contributed by atoms with Gasteiger partial charge in [-0.3, -0.25) is 0 Å². The highest BCUT2D eigenvalue weighted by atomic mass is 16.7. The summed E-state index contributed by atoms with van der Waals surface area (Å²) in [7, 11) is 0. The third kappa shape index (κ3) is 1.63. The van der Waals surface area contributed by atoms with Crippen LogP contribution in [0.4, 0.5) is 0 Å². The zero-order valence-electron chi connectivity index (χ0n) is 8.83. The molecule has 4 heteroatoms. The van der Waals surface area contributed by atoms with E-state index in [9.17, 15) is 4.79 Å². The molecular formula is C11H12O4. The standard InChI is InChI=1S/C11H12O4/c1-6-4-7(10(12)13)9-8(5-6)14-11(2,3)15-9/h4-5H,1-3H3,(H,12,13). The zero-order chi connectivity index (χ0) is 11.2. The molecule has 1 aromatic carbocycles. The van der Waals surface area contributed by atoms with Gasteiger partial charge in [0.1, 0.15) is 5.56 Å². The largest absolute Gasteiger partial charge is 0.478 e. The van der Waals surface area contributed by atoms with Gasteiger partial charge in [-0.2, -0.15) is 0 Å². The predicted octanol–water partition coefficient (Wildman–Crippen LogP) is 2.20. The highest BCUT2D eigenvalue weighted by Crippen LogP contribution is 2.42. The lowest BCUT2D eigenvalue weighted by molar-refractivity contribution is -0.0434. The van der Waals surface area contributed by atoms with Crippen LogP contribution in [-0.2, 0) is 0 Å². The molecule has 0 bridgehead atoms. The summed E-state index contributed by atoms with van der Waals surface area (Å²) in [6.07, 6.45) is 0. The van der Waals surface area contributed by atoms with Crippen molar-refractivity contribution < 1.29 is 19.4 Å². The van der Waals surface area contributed by atoms with Gasteiger partial charge in [0.05, 0.1) is 0 Å². The van der Waals surface area contributed by atoms with E-state index in [0.29, 0.717) is 11.5 Å². The number of fused-ring (bicyclic) bond motifs is 1. The molecule has 0 saturated heterocycles. The van der Waals surface area contributed by atoms with Crippen LogP contribution in [0.3, 0.4) is 0 Å². The van der Waals surface area contributed by atoms with Gasteiger partial charge in [-0.05, 0) is 24.6 Å². The van der Waals surface area contributed by atoms with E-state index in [4.69, 9.17) is 14.6 Å². The van der Waals surface area contributed by atoms with Crippen molar-refractivity contribution in [2.24, 2.45) is 0 Å². The van der Waals surface area contributed by atoms with E-state index in [-0.39, 0.29) is 5.56 Å². The fourth-order valence-corrected chi connectivity index (χ4v) is 1.61. The van der Waals surface area contributed by atoms with E-state index >= 15 is 0 Å². The van der Waals surface area contributed by atoms with Crippen molar-refractivity contribution in [1.82, 2.24) is 0 Å². The molecular weight excluding hydrogens is 196 g/mol. The van der Waals surface area contributed by atoms with Crippen LogP contribution in [0.2, 0.25) is 0 Å². The highest BCUT2D eigenvalue weighted by Gasteiger charge is 2.35. The van der Waals surface area contributed by atoms with Crippen LogP contribution in [0.1, 0.15) is 29.8 Å². The van der Waals surface area contributed by atoms with Gasteiger partial charge in [0.2, 0.25) is 5.79 Å². The number of carbonyl (C=O) groups is 1. The molecule has 0 fully saturated rings. The maximum atomic E-state index is 11.0. The molecule has 15 heavy (non-hydrogen) atoms. The molecule has 0 atom stereocenters. The van der Waals surface area contributed by atoms with Gasteiger partial charge in [-0.1, -0.05) is 0 Å². The molecule has 2 rings (SSSR count). The highest BCUT2D eigenvalue weighted by molar-refractivity contribution is 5.92. The first-order chi connectivity index (χ1) is 6.89. The minimum Gasteiger partial charge on any atom is -0.478 e. The Morgan fingerprint density at radius 1 is 1.33 bits per heavy atom. The number of aromatic carboxylic acids is 1. The van der Waals surface area contributed by atoms with Crippen molar-refractivity contribution >= 4 is 5.97 Å². The summed E-state index contributed by atoms with van der Waals surface area (Å²) < 4.78 is 10.9. The van der Waals surface area contributed by atoms with Gasteiger partial charge >= 0.3 is 5.97 Å². The SMILES string of the molecule is Cc1cc2c(c(C(=O)O)c1)OC(C)(C)O2. The van der Waals surface area contributed by atoms with Gasteiger partial charge in [0, 0.05) is 13.8 Å². The van der Waals surface area contributed by atoms with Crippen molar-refractivity contribution in [3.63, 3.8) is 0 Å². The lowest BCUT2D eigenvalue weighted by Gasteiger charge is -2.16. The number of hydrogen-bond donors (Lipinski definition) is 1. The fraction of sp³-hybridized carbons (Fsp3) is 0.364. The second-order valence-electron chi connectivity index (χ2n) is 4.05. The molecule has 0 radical (unpaired) electrons. The van der Waals surface area contributed by atoms with E-state index in [2.05, 4.69) is 0 Å². The molecule has 0 aromatic heterocycles. The van der Waals surface area contributed by atoms with Gasteiger partial charge in [-0.15, -0.1) is 0 Å². The Labute approximate surface area is 87.4 Å². The normalized spacial score (nSPS) is 16.5. The van der Waals surface area contributed by atoms with Crippen LogP contribution in [0.15, 0.2) is 12.1 Å². The maximum absolute atomic E-state index is 11.0. The molecule has 4 nitrogen and oxygen atoms in total. The second kappa shape index (κ2) is 2.89. The van der Waals surface area contributed by atoms with Gasteiger partial charge < -0.3 is 14.6 Å². The number of benzene rings is 1. The minimum absolute atomic E-state index is 0.149. The topological polar surface area (TPSA) is 55.8 Å². The maximum Gasteiger partial charge on any atom is 0.339 e. The smallest absolute Gasteiger partial charge is 0.339 e. The summed E-state index contributed by atoms with van der Waals surface area (Å²) in [4.78, 5) is 11.0. The van der Waals surface area contributed by atoms with Crippen LogP contribution >= 0.6 is 0 Å². The van der Waals surface area contributed by atoms with Crippen LogP contribution < -0.4 is 9.47 Å². The molecule has 1 N–H and O–H groups in total. The summed E-state index contributed by atoms with van der Waals surface area (Å²) in [5.41, 5.74) is 0.989. The number of hydrogen-bond acceptors (Lipinski definition) is 3. The van der Waals surface area contributed by atoms with E-state index in [0.717, 1.165) is 5.56 Å². The van der Waals surface area contributed by atoms with Gasteiger partial charge in [-0.25, -0.2) is 4.79 Å². The number of carboxylic acids is 1. The Bertz CT molecular complexity index is 434. The van der Waals surface area contributed by atoms with Crippen molar-refractivity contribution in [3.8, 4) is 11.5 Å². The Morgan fingerprint density at radius 3 is 2.60 bits per heavy atom. The number of aryl methyl sites for hydroxylation is 1. The molecule has 0 amide bonds. The first-order valence-electron chi connectivity index (χ1n) is 4.65. The summed E-state index contributed by atoms with van der Waals surface area (Å²) >= 11 is 0. The van der Waals surface area contributed by atoms with Crippen LogP contribution in [0.5, 0.6) is 11.5 Å². The average Bonchev–Trinajstić information content (AvgIpc) is 2.36. The zero-order valence-corrected chi connectivity index (χ0v) is 8.83. The third-order valence-corrected chi connectivity index (χ3v) is 2.13. The fourth-order valence-electron chi connectivity index (χ4n) is 1.61. The number of rotatable bonds is 1. The third-order valence-electron chi connectivity index (χ3n) is 2.13. The molecule has 1 aliphatic heterocycles. The minimum atomic E-state index is -1.00. The Hall–Kier alpha value is -1.71. The van der Waals surface area contributed by atoms with Crippen LogP contribution in [0.25, 0.3) is 0 Å². The molecule has 0 spiro atoms. The van der Waals surface area contributed by atoms with E-state index < -0.39 is 11.8 Å². The quantitative estimate of drug-likeness (QED) is 0.768.